The van der Waals surface area contributed by atoms with Gasteiger partial charge in [-0.05, 0) is 12.3 Å². The highest BCUT2D eigenvalue weighted by Crippen LogP contribution is 2.38. The molecule has 0 spiro atoms. The van der Waals surface area contributed by atoms with Crippen LogP contribution >= 0.6 is 11.3 Å². The monoisotopic (exact) mass is 322 g/mol. The topological polar surface area (TPSA) is 139 Å². The van der Waals surface area contributed by atoms with Gasteiger partial charge in [0.05, 0.1) is 4.92 Å². The van der Waals surface area contributed by atoms with Gasteiger partial charge in [-0.1, -0.05) is 11.3 Å². The van der Waals surface area contributed by atoms with Crippen molar-refractivity contribution < 1.29 is 18.4 Å². The molecular formula is C9H14N4O5S2. The third kappa shape index (κ3) is 2.62. The maximum absolute atomic E-state index is 12.4. The number of sulfonamides is 1. The smallest absolute Gasteiger partial charge is 0.306 e. The number of hydrogen-bond donors (Lipinski definition) is 3. The Morgan fingerprint density at radius 2 is 2.35 bits per heavy atom. The van der Waals surface area contributed by atoms with Crippen molar-refractivity contribution in [1.82, 2.24) is 4.31 Å². The van der Waals surface area contributed by atoms with Crippen LogP contribution in [0.5, 0.6) is 0 Å². The van der Waals surface area contributed by atoms with Crippen LogP contribution in [-0.4, -0.2) is 42.4 Å². The Labute approximate surface area is 119 Å². The van der Waals surface area contributed by atoms with Crippen LogP contribution in [0, 0.1) is 16.0 Å². The lowest BCUT2D eigenvalue weighted by Crippen LogP contribution is -2.28. The number of nitrogens with one attached hydrogen (secondary N) is 1. The van der Waals surface area contributed by atoms with Gasteiger partial charge in [-0.3, -0.25) is 10.1 Å². The summed E-state index contributed by atoms with van der Waals surface area (Å²) in [5.41, 5.74) is 1.77. The molecule has 0 saturated carbocycles. The highest BCUT2D eigenvalue weighted by molar-refractivity contribution is 7.91. The van der Waals surface area contributed by atoms with E-state index in [1.807, 2.05) is 0 Å². The standard InChI is InChI=1S/C9H14N4O5S2/c10-11-9-7(13(15)16)3-8(19-9)20(17,18)12-2-1-6(4-12)5-14/h3,6,11,14H,1-2,4-5,10H2. The number of aliphatic hydroxyl groups excluding tert-OH is 1. The van der Waals surface area contributed by atoms with E-state index in [9.17, 15) is 18.5 Å². The number of hydrogen-bond acceptors (Lipinski definition) is 8. The molecule has 1 aliphatic rings. The number of anilines is 1. The van der Waals surface area contributed by atoms with E-state index in [1.165, 1.54) is 4.31 Å². The third-order valence-electron chi connectivity index (χ3n) is 3.12. The van der Waals surface area contributed by atoms with Crippen LogP contribution in [0.3, 0.4) is 0 Å². The molecule has 11 heteroatoms. The molecule has 1 aliphatic heterocycles. The van der Waals surface area contributed by atoms with E-state index >= 15 is 0 Å². The molecule has 0 aromatic carbocycles. The zero-order valence-electron chi connectivity index (χ0n) is 10.4. The van der Waals surface area contributed by atoms with E-state index in [1.54, 1.807) is 0 Å². The first kappa shape index (κ1) is 15.1. The summed E-state index contributed by atoms with van der Waals surface area (Å²) in [5, 5.41) is 19.9. The molecule has 0 amide bonds. The van der Waals surface area contributed by atoms with E-state index in [-0.39, 0.29) is 34.0 Å². The Hall–Kier alpha value is -1.27. The predicted octanol–water partition coefficient (Wildman–Crippen LogP) is -0.0552. The molecule has 1 aromatic rings. The fourth-order valence-corrected chi connectivity index (χ4v) is 4.94. The first-order chi connectivity index (χ1) is 9.40. The highest BCUT2D eigenvalue weighted by Gasteiger charge is 2.35. The van der Waals surface area contributed by atoms with Crippen LogP contribution in [0.1, 0.15) is 6.42 Å². The number of nitrogens with zero attached hydrogens (tertiary/aromatic N) is 2. The number of aliphatic hydroxyl groups is 1. The number of thiophene rings is 1. The first-order valence-corrected chi connectivity index (χ1v) is 8.01. The SMILES string of the molecule is NNc1sc(S(=O)(=O)N2CCC(CO)C2)cc1[N+](=O)[O-]. The summed E-state index contributed by atoms with van der Waals surface area (Å²) in [6.45, 7) is 0.437. The van der Waals surface area contributed by atoms with Gasteiger partial charge in [0.1, 0.15) is 4.21 Å². The lowest BCUT2D eigenvalue weighted by atomic mass is 10.1. The van der Waals surface area contributed by atoms with E-state index < -0.39 is 14.9 Å². The van der Waals surface area contributed by atoms with Gasteiger partial charge in [0.15, 0.2) is 5.00 Å². The van der Waals surface area contributed by atoms with Gasteiger partial charge in [0.2, 0.25) is 0 Å². The molecule has 1 unspecified atom stereocenters. The molecule has 0 bridgehead atoms. The lowest BCUT2D eigenvalue weighted by molar-refractivity contribution is -0.383. The summed E-state index contributed by atoms with van der Waals surface area (Å²) in [5.74, 6) is 5.07. The summed E-state index contributed by atoms with van der Waals surface area (Å²) in [6, 6.07) is 1.00. The first-order valence-electron chi connectivity index (χ1n) is 5.76. The fourth-order valence-electron chi connectivity index (χ4n) is 2.02. The number of rotatable bonds is 5. The quantitative estimate of drug-likeness (QED) is 0.392. The molecular weight excluding hydrogens is 308 g/mol. The summed E-state index contributed by atoms with van der Waals surface area (Å²) < 4.78 is 25.8. The van der Waals surface area contributed by atoms with E-state index in [0.29, 0.717) is 13.0 Å². The molecule has 112 valence electrons. The number of hydrazine groups is 1. The molecule has 9 nitrogen and oxygen atoms in total. The maximum Gasteiger partial charge on any atom is 0.306 e. The summed E-state index contributed by atoms with van der Waals surface area (Å²) in [7, 11) is -3.79. The second-order valence-electron chi connectivity index (χ2n) is 4.38. The van der Waals surface area contributed by atoms with Crippen molar-refractivity contribution >= 4 is 32.0 Å². The Bertz CT molecular complexity index is 614. The average Bonchev–Trinajstić information content (AvgIpc) is 3.05. The van der Waals surface area contributed by atoms with Crippen LogP contribution in [0.2, 0.25) is 0 Å². The minimum absolute atomic E-state index is 0.00789. The number of nitrogen functional groups attached to an aromatic ring is 1. The normalized spacial score (nSPS) is 20.2. The van der Waals surface area contributed by atoms with Gasteiger partial charge in [0.25, 0.3) is 10.0 Å². The second-order valence-corrected chi connectivity index (χ2v) is 7.60. The van der Waals surface area contributed by atoms with Crippen molar-refractivity contribution in [3.63, 3.8) is 0 Å². The van der Waals surface area contributed by atoms with Gasteiger partial charge in [-0.15, -0.1) is 0 Å². The molecule has 1 aromatic heterocycles. The Morgan fingerprint density at radius 3 is 2.80 bits per heavy atom. The summed E-state index contributed by atoms with van der Waals surface area (Å²) in [6.07, 6.45) is 0.575. The molecule has 1 saturated heterocycles. The van der Waals surface area contributed by atoms with E-state index in [2.05, 4.69) is 5.43 Å². The minimum Gasteiger partial charge on any atom is -0.396 e. The van der Waals surface area contributed by atoms with E-state index in [4.69, 9.17) is 10.9 Å². The van der Waals surface area contributed by atoms with Gasteiger partial charge in [-0.25, -0.2) is 14.3 Å². The average molecular weight is 322 g/mol. The highest BCUT2D eigenvalue weighted by atomic mass is 32.2. The molecule has 1 atom stereocenters. The lowest BCUT2D eigenvalue weighted by Gasteiger charge is -2.14. The van der Waals surface area contributed by atoms with E-state index in [0.717, 1.165) is 17.4 Å². The summed E-state index contributed by atoms with van der Waals surface area (Å²) in [4.78, 5) is 10.1. The maximum atomic E-state index is 12.4. The minimum atomic E-state index is -3.79. The van der Waals surface area contributed by atoms with Crippen molar-refractivity contribution in [2.45, 2.75) is 10.6 Å². The van der Waals surface area contributed by atoms with Crippen LogP contribution in [0.15, 0.2) is 10.3 Å². The molecule has 4 N–H and O–H groups in total. The molecule has 20 heavy (non-hydrogen) atoms. The van der Waals surface area contributed by atoms with Gasteiger partial charge < -0.3 is 10.5 Å². The number of nitro groups is 1. The van der Waals surface area contributed by atoms with Crippen molar-refractivity contribution in [2.75, 3.05) is 25.1 Å². The third-order valence-corrected chi connectivity index (χ3v) is 6.49. The molecule has 1 fully saturated rings. The van der Waals surface area contributed by atoms with Crippen molar-refractivity contribution in [3.05, 3.63) is 16.2 Å². The molecule has 2 heterocycles. The largest absolute Gasteiger partial charge is 0.396 e. The van der Waals surface area contributed by atoms with Crippen molar-refractivity contribution in [3.8, 4) is 0 Å². The zero-order valence-corrected chi connectivity index (χ0v) is 12.0. The van der Waals surface area contributed by atoms with Gasteiger partial charge >= 0.3 is 5.69 Å². The Kier molecular flexibility index (Phi) is 4.25. The van der Waals surface area contributed by atoms with Gasteiger partial charge in [0, 0.05) is 25.8 Å². The molecule has 0 aliphatic carbocycles. The number of nitrogens with two attached hydrogens (primary N) is 1. The van der Waals surface area contributed by atoms with Crippen LogP contribution in [0.25, 0.3) is 0 Å². The second kappa shape index (κ2) is 5.61. The van der Waals surface area contributed by atoms with Crippen LogP contribution in [0.4, 0.5) is 10.7 Å². The Morgan fingerprint density at radius 1 is 1.65 bits per heavy atom. The predicted molar refractivity (Wildman–Crippen MR) is 72.7 cm³/mol. The van der Waals surface area contributed by atoms with Crippen molar-refractivity contribution in [2.24, 2.45) is 11.8 Å². The zero-order chi connectivity index (χ0) is 14.9. The van der Waals surface area contributed by atoms with Crippen molar-refractivity contribution in [1.29, 1.82) is 0 Å². The summed E-state index contributed by atoms with van der Waals surface area (Å²) >= 11 is 0.721. The van der Waals surface area contributed by atoms with Crippen LogP contribution < -0.4 is 11.3 Å². The van der Waals surface area contributed by atoms with Gasteiger partial charge in [-0.2, -0.15) is 4.31 Å². The fraction of sp³-hybridized carbons (Fsp3) is 0.556. The molecule has 0 radical (unpaired) electrons. The Balaban J connectivity index is 2.33. The van der Waals surface area contributed by atoms with Crippen LogP contribution in [-0.2, 0) is 10.0 Å². The molecule has 2 rings (SSSR count).